The molecule has 0 bridgehead atoms. The topological polar surface area (TPSA) is 74.8 Å². The first-order valence-electron chi connectivity index (χ1n) is 17.0. The summed E-state index contributed by atoms with van der Waals surface area (Å²) in [6.07, 6.45) is 2.97. The second-order valence-corrected chi connectivity index (χ2v) is 12.7. The zero-order valence-corrected chi connectivity index (χ0v) is 28.3. The number of hydrogen-bond donors (Lipinski definition) is 2. The van der Waals surface area contributed by atoms with Crippen molar-refractivity contribution in [2.45, 2.75) is 52.7 Å². The molecule has 0 aliphatic rings. The SMILES string of the molecule is Cc1cc(C)cc(-c2[nH]c3ccc(O)cc3c2CCN(CCCCc2ccc(OCc3ccccc3)cc2)C(=O)OCc2ccccc2)c1. The van der Waals surface area contributed by atoms with Crippen LogP contribution < -0.4 is 4.74 Å². The van der Waals surface area contributed by atoms with Crippen molar-refractivity contribution >= 4 is 17.0 Å². The van der Waals surface area contributed by atoms with Crippen molar-refractivity contribution in [3.63, 3.8) is 0 Å². The van der Waals surface area contributed by atoms with Crippen LogP contribution in [0.5, 0.6) is 11.5 Å². The summed E-state index contributed by atoms with van der Waals surface area (Å²) in [6, 6.07) is 40.2. The lowest BCUT2D eigenvalue weighted by Crippen LogP contribution is -2.34. The Balaban J connectivity index is 1.13. The predicted molar refractivity (Wildman–Crippen MR) is 197 cm³/mol. The molecule has 0 atom stereocenters. The number of carbonyl (C=O) groups is 1. The Hall–Kier alpha value is -5.49. The van der Waals surface area contributed by atoms with Gasteiger partial charge in [0.2, 0.25) is 0 Å². The van der Waals surface area contributed by atoms with Gasteiger partial charge >= 0.3 is 6.09 Å². The van der Waals surface area contributed by atoms with Gasteiger partial charge in [0.1, 0.15) is 24.7 Å². The summed E-state index contributed by atoms with van der Waals surface area (Å²) >= 11 is 0. The molecule has 6 rings (SSSR count). The number of rotatable bonds is 14. The van der Waals surface area contributed by atoms with Crippen molar-refractivity contribution in [1.82, 2.24) is 9.88 Å². The number of benzene rings is 5. The molecule has 2 N–H and O–H groups in total. The minimum absolute atomic E-state index is 0.217. The number of nitrogens with zero attached hydrogens (tertiary/aromatic N) is 1. The van der Waals surface area contributed by atoms with Crippen LogP contribution in [0.4, 0.5) is 4.79 Å². The Morgan fingerprint density at radius 3 is 2.06 bits per heavy atom. The van der Waals surface area contributed by atoms with Crippen LogP contribution in [0.25, 0.3) is 22.2 Å². The lowest BCUT2D eigenvalue weighted by Gasteiger charge is -2.23. The second kappa shape index (κ2) is 16.1. The van der Waals surface area contributed by atoms with E-state index in [9.17, 15) is 9.90 Å². The van der Waals surface area contributed by atoms with Gasteiger partial charge in [0.15, 0.2) is 0 Å². The van der Waals surface area contributed by atoms with Gasteiger partial charge < -0.3 is 24.5 Å². The molecule has 250 valence electrons. The Morgan fingerprint density at radius 1 is 0.694 bits per heavy atom. The largest absolute Gasteiger partial charge is 0.508 e. The smallest absolute Gasteiger partial charge is 0.410 e. The number of amides is 1. The molecule has 0 fully saturated rings. The summed E-state index contributed by atoms with van der Waals surface area (Å²) < 4.78 is 11.8. The number of ether oxygens (including phenoxy) is 2. The van der Waals surface area contributed by atoms with E-state index in [1.54, 1.807) is 6.07 Å². The highest BCUT2D eigenvalue weighted by atomic mass is 16.6. The van der Waals surface area contributed by atoms with Crippen LogP contribution in [0.3, 0.4) is 0 Å². The monoisotopic (exact) mass is 652 g/mol. The van der Waals surface area contributed by atoms with Crippen molar-refractivity contribution in [1.29, 1.82) is 0 Å². The van der Waals surface area contributed by atoms with Crippen LogP contribution in [0.2, 0.25) is 0 Å². The number of fused-ring (bicyclic) bond motifs is 1. The van der Waals surface area contributed by atoms with Crippen LogP contribution in [0.15, 0.2) is 121 Å². The quantitative estimate of drug-likeness (QED) is 0.115. The van der Waals surface area contributed by atoms with Crippen molar-refractivity contribution in [2.24, 2.45) is 0 Å². The van der Waals surface area contributed by atoms with Crippen LogP contribution in [0, 0.1) is 13.8 Å². The first-order valence-corrected chi connectivity index (χ1v) is 17.0. The Labute approximate surface area is 289 Å². The third-order valence-corrected chi connectivity index (χ3v) is 8.81. The summed E-state index contributed by atoms with van der Waals surface area (Å²) in [6.45, 7) is 6.04. The van der Waals surface area contributed by atoms with E-state index >= 15 is 0 Å². The molecule has 0 saturated heterocycles. The van der Waals surface area contributed by atoms with E-state index in [1.165, 1.54) is 16.7 Å². The third-order valence-electron chi connectivity index (χ3n) is 8.81. The maximum atomic E-state index is 13.5. The van der Waals surface area contributed by atoms with Gasteiger partial charge in [-0.15, -0.1) is 0 Å². The summed E-state index contributed by atoms with van der Waals surface area (Å²) in [7, 11) is 0. The molecule has 0 saturated carbocycles. The highest BCUT2D eigenvalue weighted by Gasteiger charge is 2.20. The van der Waals surface area contributed by atoms with Crippen LogP contribution in [-0.2, 0) is 30.8 Å². The number of nitrogens with one attached hydrogen (secondary N) is 1. The van der Waals surface area contributed by atoms with E-state index < -0.39 is 0 Å². The average molecular weight is 653 g/mol. The van der Waals surface area contributed by atoms with Crippen molar-refractivity contribution in [3.05, 3.63) is 155 Å². The zero-order valence-electron chi connectivity index (χ0n) is 28.3. The number of aryl methyl sites for hydroxylation is 3. The van der Waals surface area contributed by atoms with Crippen LogP contribution in [-0.4, -0.2) is 34.2 Å². The molecule has 1 aromatic heterocycles. The molecule has 0 radical (unpaired) electrons. The molecule has 5 aromatic carbocycles. The number of H-pyrrole nitrogens is 1. The predicted octanol–water partition coefficient (Wildman–Crippen LogP) is 9.94. The number of phenolic OH excluding ortho intramolecular Hbond substituents is 1. The summed E-state index contributed by atoms with van der Waals surface area (Å²) in [5.74, 6) is 1.07. The standard InChI is InChI=1S/C43H44N2O4/c1-31-25-32(2)27-36(26-31)42-39(40-28-37(46)18-21-41(40)44-42)22-24-45(43(47)49-30-35-14-7-4-8-15-35)23-10-9-11-33-16-19-38(20-17-33)48-29-34-12-5-3-6-13-34/h3-8,12-21,25-28,44,46H,9-11,22-24,29-30H2,1-2H3. The van der Waals surface area contributed by atoms with E-state index in [0.717, 1.165) is 63.9 Å². The normalized spacial score (nSPS) is 11.1. The molecule has 1 amide bonds. The molecule has 0 spiro atoms. The van der Waals surface area contributed by atoms with Crippen molar-refractivity contribution in [3.8, 4) is 22.8 Å². The zero-order chi connectivity index (χ0) is 34.0. The highest BCUT2D eigenvalue weighted by Crippen LogP contribution is 2.34. The van der Waals surface area contributed by atoms with Gasteiger partial charge in [-0.25, -0.2) is 4.79 Å². The highest BCUT2D eigenvalue weighted by molar-refractivity contribution is 5.92. The minimum Gasteiger partial charge on any atom is -0.508 e. The maximum absolute atomic E-state index is 13.5. The summed E-state index contributed by atoms with van der Waals surface area (Å²) in [4.78, 5) is 19.0. The van der Waals surface area contributed by atoms with Gasteiger partial charge in [0.25, 0.3) is 0 Å². The van der Waals surface area contributed by atoms with E-state index in [4.69, 9.17) is 9.47 Å². The first kappa shape index (κ1) is 33.4. The van der Waals surface area contributed by atoms with E-state index in [1.807, 2.05) is 77.7 Å². The fourth-order valence-electron chi connectivity index (χ4n) is 6.34. The van der Waals surface area contributed by atoms with Crippen LogP contribution in [0.1, 0.15) is 46.2 Å². The molecule has 49 heavy (non-hydrogen) atoms. The number of hydrogen-bond acceptors (Lipinski definition) is 4. The molecule has 6 heteroatoms. The van der Waals surface area contributed by atoms with E-state index in [-0.39, 0.29) is 18.4 Å². The van der Waals surface area contributed by atoms with Crippen molar-refractivity contribution < 1.29 is 19.4 Å². The number of aromatic nitrogens is 1. The fourth-order valence-corrected chi connectivity index (χ4v) is 6.34. The number of phenols is 1. The van der Waals surface area contributed by atoms with E-state index in [2.05, 4.69) is 61.3 Å². The van der Waals surface area contributed by atoms with Gasteiger partial charge in [0.05, 0.1) is 0 Å². The fraction of sp³-hybridized carbons (Fsp3) is 0.233. The summed E-state index contributed by atoms with van der Waals surface area (Å²) in [5, 5.41) is 11.3. The molecule has 0 aliphatic carbocycles. The molecule has 0 aliphatic heterocycles. The van der Waals surface area contributed by atoms with E-state index in [0.29, 0.717) is 26.1 Å². The molecule has 0 unspecified atom stereocenters. The van der Waals surface area contributed by atoms with Gasteiger partial charge in [-0.1, -0.05) is 90.0 Å². The molecular formula is C43H44N2O4. The summed E-state index contributed by atoms with van der Waals surface area (Å²) in [5.41, 5.74) is 9.84. The maximum Gasteiger partial charge on any atom is 0.410 e. The first-order chi connectivity index (χ1) is 23.9. The van der Waals surface area contributed by atoms with Crippen LogP contribution >= 0.6 is 0 Å². The molecule has 1 heterocycles. The molecular weight excluding hydrogens is 608 g/mol. The lowest BCUT2D eigenvalue weighted by molar-refractivity contribution is 0.0959. The second-order valence-electron chi connectivity index (χ2n) is 12.7. The number of unbranched alkanes of at least 4 members (excludes halogenated alkanes) is 1. The number of aromatic amines is 1. The molecule has 6 nitrogen and oxygen atoms in total. The Kier molecular flexibility index (Phi) is 11.0. The van der Waals surface area contributed by atoms with Gasteiger partial charge in [-0.3, -0.25) is 0 Å². The average Bonchev–Trinajstić information content (AvgIpc) is 3.48. The Morgan fingerprint density at radius 2 is 1.37 bits per heavy atom. The number of carbonyl (C=O) groups excluding carboxylic acids is 1. The third kappa shape index (κ3) is 9.11. The lowest BCUT2D eigenvalue weighted by atomic mass is 9.99. The van der Waals surface area contributed by atoms with Gasteiger partial charge in [-0.05, 0) is 110 Å². The Bertz CT molecular complexity index is 1950. The molecule has 6 aromatic rings. The number of aromatic hydroxyl groups is 1. The van der Waals surface area contributed by atoms with Gasteiger partial charge in [0, 0.05) is 29.7 Å². The van der Waals surface area contributed by atoms with Crippen molar-refractivity contribution in [2.75, 3.05) is 13.1 Å². The minimum atomic E-state index is -0.320. The van der Waals surface area contributed by atoms with Gasteiger partial charge in [-0.2, -0.15) is 0 Å².